The van der Waals surface area contributed by atoms with Crippen molar-refractivity contribution in [1.29, 1.82) is 0 Å². The van der Waals surface area contributed by atoms with Crippen LogP contribution in [0.1, 0.15) is 0 Å². The Balaban J connectivity index is 0. The molecule has 0 aromatic carbocycles. The molecule has 22 heavy (non-hydrogen) atoms. The van der Waals surface area contributed by atoms with Gasteiger partial charge in [0.05, 0.1) is 20.7 Å². The lowest BCUT2D eigenvalue weighted by Gasteiger charge is -2.22. The maximum Gasteiger partial charge on any atom is 0.480 e. The van der Waals surface area contributed by atoms with E-state index in [0.717, 1.165) is 17.3 Å². The van der Waals surface area contributed by atoms with E-state index >= 15 is 0 Å². The molecule has 0 unspecified atom stereocenters. The minimum Gasteiger partial charge on any atom is -0.421 e. The van der Waals surface area contributed by atoms with E-state index in [-0.39, 0.29) is 0 Å². The van der Waals surface area contributed by atoms with Crippen molar-refractivity contribution >= 4 is 20.0 Å². The summed E-state index contributed by atoms with van der Waals surface area (Å²) < 4.78 is 114. The van der Waals surface area contributed by atoms with Crippen LogP contribution in [-0.2, 0) is 24.8 Å². The van der Waals surface area contributed by atoms with E-state index in [1.807, 2.05) is 0 Å². The van der Waals surface area contributed by atoms with Gasteiger partial charge in [0.1, 0.15) is 6.54 Å². The summed E-state index contributed by atoms with van der Waals surface area (Å²) in [6, 6.07) is 0. The first-order valence-corrected chi connectivity index (χ1v) is 8.00. The molecule has 0 rings (SSSR count). The van der Waals surface area contributed by atoms with Crippen LogP contribution in [-0.4, -0.2) is 62.2 Å². The van der Waals surface area contributed by atoms with Crippen molar-refractivity contribution in [1.82, 2.24) is 0 Å². The van der Waals surface area contributed by atoms with Gasteiger partial charge in [-0.1, -0.05) is 0 Å². The Morgan fingerprint density at radius 2 is 1.23 bits per heavy atom. The van der Waals surface area contributed by atoms with Crippen molar-refractivity contribution < 1.29 is 52.8 Å². The quantitative estimate of drug-likeness (QED) is 0.665. The number of nitrogens with zero attached hydrogens (tertiary/aromatic N) is 1. The number of ether oxygens (including phenoxy) is 1. The van der Waals surface area contributed by atoms with Crippen molar-refractivity contribution in [2.75, 3.05) is 34.4 Å². The van der Waals surface area contributed by atoms with E-state index in [9.17, 15) is 43.2 Å². The van der Waals surface area contributed by atoms with Gasteiger partial charge in [0.15, 0.2) is 20.0 Å². The van der Waals surface area contributed by atoms with Crippen molar-refractivity contribution in [3.63, 3.8) is 0 Å². The summed E-state index contributed by atoms with van der Waals surface area (Å²) >= 11 is 0. The van der Waals surface area contributed by atoms with Crippen LogP contribution in [0.15, 0.2) is 0 Å². The smallest absolute Gasteiger partial charge is 0.421 e. The Labute approximate surface area is 123 Å². The highest BCUT2D eigenvalue weighted by molar-refractivity contribution is 8.13. The van der Waals surface area contributed by atoms with Crippen molar-refractivity contribution in [2.45, 2.75) is 11.0 Å². The van der Waals surface area contributed by atoms with Crippen molar-refractivity contribution in [3.05, 3.63) is 4.13 Å². The molecule has 7 nitrogen and oxygen atoms in total. The molecule has 0 amide bonds. The Bertz CT molecular complexity index is 483. The molecule has 0 aromatic rings. The number of rotatable bonds is 5. The fourth-order valence-corrected chi connectivity index (χ4v) is 2.23. The summed E-state index contributed by atoms with van der Waals surface area (Å²) in [5, 5.41) is 0. The van der Waals surface area contributed by atoms with Gasteiger partial charge in [0.2, 0.25) is 0 Å². The van der Waals surface area contributed by atoms with E-state index in [0.29, 0.717) is 0 Å². The summed E-state index contributed by atoms with van der Waals surface area (Å²) in [6.45, 7) is 1.96. The van der Waals surface area contributed by atoms with Gasteiger partial charge in [0.25, 0.3) is 0 Å². The second-order valence-electron chi connectivity index (χ2n) is 3.87. The van der Waals surface area contributed by atoms with Gasteiger partial charge in [-0.2, -0.15) is 26.3 Å². The molecule has 0 heterocycles. The monoisotopic (exact) mass is 384 g/mol. The first-order chi connectivity index (χ1) is 9.48. The second kappa shape index (κ2) is 8.28. The molecule has 136 valence electrons. The van der Waals surface area contributed by atoms with Crippen molar-refractivity contribution in [3.8, 4) is 0 Å². The number of hydrogen-bond acceptors (Lipinski definition) is 5. The van der Waals surface area contributed by atoms with Crippen LogP contribution in [0, 0.1) is 0 Å². The predicted octanol–water partition coefficient (Wildman–Crippen LogP) is -0.163. The predicted molar refractivity (Wildman–Crippen MR) is 62.9 cm³/mol. The third-order valence-corrected chi connectivity index (χ3v) is 4.33. The third-order valence-electron chi connectivity index (χ3n) is 1.59. The lowest BCUT2D eigenvalue weighted by atomic mass is 10.6. The maximum atomic E-state index is 11.4. The molecule has 0 saturated heterocycles. The van der Waals surface area contributed by atoms with Gasteiger partial charge in [-0.25, -0.2) is 16.8 Å². The van der Waals surface area contributed by atoms with Crippen LogP contribution in [0.5, 0.6) is 0 Å². The fraction of sp³-hybridized carbons (Fsp3) is 1.00. The number of nitrogens with one attached hydrogen (secondary N) is 1. The molecule has 0 aromatic heterocycles. The molecule has 0 bridgehead atoms. The lowest BCUT2D eigenvalue weighted by Crippen LogP contribution is -3.06. The zero-order valence-electron chi connectivity index (χ0n) is 11.5. The molecule has 0 atom stereocenters. The molecule has 0 radical (unpaired) electrons. The zero-order valence-corrected chi connectivity index (χ0v) is 13.1. The number of alkyl halides is 6. The van der Waals surface area contributed by atoms with Gasteiger partial charge in [-0.3, -0.25) is 0 Å². The van der Waals surface area contributed by atoms with Crippen molar-refractivity contribution in [2.24, 2.45) is 0 Å². The van der Waals surface area contributed by atoms with Crippen LogP contribution in [0.25, 0.3) is 4.13 Å². The van der Waals surface area contributed by atoms with Gasteiger partial charge in [0, 0.05) is 7.11 Å². The van der Waals surface area contributed by atoms with Gasteiger partial charge in [-0.05, 0) is 0 Å². The molecule has 0 spiro atoms. The average molecular weight is 384 g/mol. The molecule has 0 fully saturated rings. The first kappa shape index (κ1) is 23.6. The number of quaternary nitrogens is 1. The Kier molecular flexibility index (Phi) is 8.89. The van der Waals surface area contributed by atoms with Crippen LogP contribution in [0.2, 0.25) is 0 Å². The molecular weight excluding hydrogens is 370 g/mol. The highest BCUT2D eigenvalue weighted by Crippen LogP contribution is 2.36. The number of methoxy groups -OCH3 is 1. The largest absolute Gasteiger partial charge is 0.480 e. The summed E-state index contributed by atoms with van der Waals surface area (Å²) in [6.07, 6.45) is 0. The second-order valence-corrected chi connectivity index (χ2v) is 7.29. The first-order valence-electron chi connectivity index (χ1n) is 5.12. The van der Waals surface area contributed by atoms with Gasteiger partial charge < -0.3 is 13.8 Å². The lowest BCUT2D eigenvalue weighted by molar-refractivity contribution is -0.858. The normalized spacial score (nSPS) is 13.7. The Hall–Kier alpha value is -0.640. The van der Waals surface area contributed by atoms with Gasteiger partial charge in [-0.15, -0.1) is 0 Å². The molecule has 1 N–H and O–H groups in total. The average Bonchev–Trinajstić information content (AvgIpc) is 2.22. The third kappa shape index (κ3) is 8.72. The molecule has 0 aliphatic rings. The fourth-order valence-electron chi connectivity index (χ4n) is 0.520. The summed E-state index contributed by atoms with van der Waals surface area (Å²) in [5.41, 5.74) is -12.4. The van der Waals surface area contributed by atoms with E-state index in [1.165, 1.54) is 4.90 Å². The highest BCUT2D eigenvalue weighted by Gasteiger charge is 2.46. The number of halogens is 6. The molecule has 0 aliphatic heterocycles. The Morgan fingerprint density at radius 3 is 1.36 bits per heavy atom. The summed E-state index contributed by atoms with van der Waals surface area (Å²) in [5.74, 6) is 0. The maximum absolute atomic E-state index is 11.4. The molecule has 0 saturated carbocycles. The minimum absolute atomic E-state index is 0.778. The standard InChI is InChI=1S/C5H13NO.C2F6NO4S2/c1-6(2)4-5-7-3;3-1(4,5)14(10,11)9-15(12,13)2(6,7)8/h4-5H2,1-3H3;/q;-1/p+1. The zero-order chi connectivity index (χ0) is 18.4. The van der Waals surface area contributed by atoms with E-state index in [4.69, 9.17) is 4.74 Å². The van der Waals surface area contributed by atoms with Crippen LogP contribution >= 0.6 is 0 Å². The molecular formula is C7H14F6N2O5S2. The van der Waals surface area contributed by atoms with Crippen LogP contribution in [0.3, 0.4) is 0 Å². The number of hydrogen-bond donors (Lipinski definition) is 1. The molecule has 15 heteroatoms. The number of sulfonamides is 2. The minimum atomic E-state index is -6.72. The summed E-state index contributed by atoms with van der Waals surface area (Å²) in [4.78, 5) is 1.43. The van der Waals surface area contributed by atoms with Crippen LogP contribution < -0.4 is 4.90 Å². The van der Waals surface area contributed by atoms with E-state index in [1.54, 1.807) is 7.11 Å². The topological polar surface area (TPSA) is 96.1 Å². The summed E-state index contributed by atoms with van der Waals surface area (Å²) in [7, 11) is -7.50. The van der Waals surface area contributed by atoms with E-state index < -0.39 is 31.1 Å². The van der Waals surface area contributed by atoms with E-state index in [2.05, 4.69) is 14.1 Å². The SMILES string of the molecule is COCC[NH+](C)C.O=S(=O)([N-]S(=O)(=O)C(F)(F)F)C(F)(F)F. The van der Waals surface area contributed by atoms with Crippen LogP contribution in [0.4, 0.5) is 26.3 Å². The highest BCUT2D eigenvalue weighted by atomic mass is 32.3. The Morgan fingerprint density at radius 1 is 0.909 bits per heavy atom. The van der Waals surface area contributed by atoms with Gasteiger partial charge >= 0.3 is 11.0 Å². The molecule has 0 aliphatic carbocycles. The number of likely N-dealkylation sites (N-methyl/N-ethyl adjacent to an activating group) is 1.